The molecule has 1 N–H and O–H groups in total. The van der Waals surface area contributed by atoms with Crippen molar-refractivity contribution in [2.75, 3.05) is 45.6 Å². The quantitative estimate of drug-likeness (QED) is 0.721. The fourth-order valence-corrected chi connectivity index (χ4v) is 3.85. The molecule has 1 aliphatic heterocycles. The van der Waals surface area contributed by atoms with E-state index in [4.69, 9.17) is 9.05 Å². The number of hydrogen-bond donors (Lipinski definition) is 1. The van der Waals surface area contributed by atoms with Crippen LogP contribution in [0.5, 0.6) is 0 Å². The highest BCUT2D eigenvalue weighted by Gasteiger charge is 2.32. The molecule has 0 atom stereocenters. The second kappa shape index (κ2) is 7.01. The summed E-state index contributed by atoms with van der Waals surface area (Å²) in [4.78, 5) is 2.36. The minimum Gasteiger partial charge on any atom is -0.314 e. The molecule has 5 nitrogen and oxygen atoms in total. The van der Waals surface area contributed by atoms with Crippen LogP contribution in [-0.4, -0.2) is 56.0 Å². The average Bonchev–Trinajstić information content (AvgIpc) is 2.28. The molecule has 1 aliphatic rings. The Labute approximate surface area is 111 Å². The standard InChI is InChI=1S/C12H27N2O3P/c1-5-16-18(15,17-6-2)10-9-14-8-7-13-11-12(14,3)4/h13H,5-11H2,1-4H3. The SMILES string of the molecule is CCOP(=O)(CCN1CCNCC1(C)C)OCC. The second-order valence-corrected chi connectivity index (χ2v) is 7.33. The first kappa shape index (κ1) is 16.1. The van der Waals surface area contributed by atoms with Crippen LogP contribution >= 0.6 is 7.60 Å². The second-order valence-electron chi connectivity index (χ2n) is 5.15. The fourth-order valence-electron chi connectivity index (χ4n) is 2.24. The monoisotopic (exact) mass is 278 g/mol. The van der Waals surface area contributed by atoms with Crippen molar-refractivity contribution in [2.45, 2.75) is 33.2 Å². The molecule has 6 heteroatoms. The summed E-state index contributed by atoms with van der Waals surface area (Å²) in [6.07, 6.45) is 0.470. The number of nitrogens with one attached hydrogen (secondary N) is 1. The molecule has 0 spiro atoms. The van der Waals surface area contributed by atoms with Crippen LogP contribution in [0.3, 0.4) is 0 Å². The van der Waals surface area contributed by atoms with E-state index in [1.807, 2.05) is 13.8 Å². The third kappa shape index (κ3) is 4.63. The summed E-state index contributed by atoms with van der Waals surface area (Å²) in [5.74, 6) is 0. The molecule has 0 aromatic heterocycles. The van der Waals surface area contributed by atoms with E-state index in [0.29, 0.717) is 19.4 Å². The van der Waals surface area contributed by atoms with Crippen molar-refractivity contribution < 1.29 is 13.6 Å². The maximum atomic E-state index is 12.4. The van der Waals surface area contributed by atoms with Crippen molar-refractivity contribution in [2.24, 2.45) is 0 Å². The van der Waals surface area contributed by atoms with Gasteiger partial charge in [-0.25, -0.2) is 0 Å². The first-order valence-electron chi connectivity index (χ1n) is 6.77. The van der Waals surface area contributed by atoms with E-state index in [9.17, 15) is 4.57 Å². The van der Waals surface area contributed by atoms with Crippen LogP contribution in [0, 0.1) is 0 Å². The molecule has 1 saturated heterocycles. The largest absolute Gasteiger partial charge is 0.331 e. The van der Waals surface area contributed by atoms with Crippen molar-refractivity contribution in [1.82, 2.24) is 10.2 Å². The number of rotatable bonds is 7. The van der Waals surface area contributed by atoms with Gasteiger partial charge in [0.05, 0.1) is 19.4 Å². The van der Waals surface area contributed by atoms with Crippen LogP contribution in [0.4, 0.5) is 0 Å². The Kier molecular flexibility index (Phi) is 6.28. The normalized spacial score (nSPS) is 21.1. The maximum absolute atomic E-state index is 12.4. The lowest BCUT2D eigenvalue weighted by atomic mass is 10.0. The lowest BCUT2D eigenvalue weighted by molar-refractivity contribution is 0.0950. The van der Waals surface area contributed by atoms with Gasteiger partial charge in [0.1, 0.15) is 0 Å². The first-order valence-corrected chi connectivity index (χ1v) is 8.50. The highest BCUT2D eigenvalue weighted by molar-refractivity contribution is 7.53. The van der Waals surface area contributed by atoms with Gasteiger partial charge in [-0.1, -0.05) is 0 Å². The van der Waals surface area contributed by atoms with Gasteiger partial charge in [-0.05, 0) is 27.7 Å². The third-order valence-electron chi connectivity index (χ3n) is 3.27. The van der Waals surface area contributed by atoms with Crippen molar-refractivity contribution in [1.29, 1.82) is 0 Å². The topological polar surface area (TPSA) is 50.8 Å². The van der Waals surface area contributed by atoms with Gasteiger partial charge in [0.2, 0.25) is 0 Å². The van der Waals surface area contributed by atoms with Crippen LogP contribution in [0.15, 0.2) is 0 Å². The molecule has 0 amide bonds. The van der Waals surface area contributed by atoms with Crippen LogP contribution in [0.2, 0.25) is 0 Å². The average molecular weight is 278 g/mol. The van der Waals surface area contributed by atoms with E-state index >= 15 is 0 Å². The fraction of sp³-hybridized carbons (Fsp3) is 1.00. The number of piperazine rings is 1. The summed E-state index contributed by atoms with van der Waals surface area (Å²) < 4.78 is 23.0. The highest BCUT2D eigenvalue weighted by atomic mass is 31.2. The van der Waals surface area contributed by atoms with Crippen LogP contribution in [-0.2, 0) is 13.6 Å². The predicted molar refractivity (Wildman–Crippen MR) is 74.2 cm³/mol. The number of nitrogens with zero attached hydrogens (tertiary/aromatic N) is 1. The summed E-state index contributed by atoms with van der Waals surface area (Å²) in [5.41, 5.74) is 0.0987. The van der Waals surface area contributed by atoms with E-state index in [1.54, 1.807) is 0 Å². The van der Waals surface area contributed by atoms with E-state index in [0.717, 1.165) is 26.2 Å². The Balaban J connectivity index is 2.53. The van der Waals surface area contributed by atoms with Gasteiger partial charge in [-0.15, -0.1) is 0 Å². The Bertz CT molecular complexity index is 287. The molecular weight excluding hydrogens is 251 g/mol. The lowest BCUT2D eigenvalue weighted by Gasteiger charge is -2.43. The molecule has 0 aromatic carbocycles. The molecule has 0 bridgehead atoms. The van der Waals surface area contributed by atoms with E-state index < -0.39 is 7.60 Å². The summed E-state index contributed by atoms with van der Waals surface area (Å²) in [6, 6.07) is 0. The van der Waals surface area contributed by atoms with Gasteiger partial charge in [-0.2, -0.15) is 0 Å². The molecule has 0 aliphatic carbocycles. The summed E-state index contributed by atoms with van der Waals surface area (Å²) in [5, 5.41) is 3.38. The van der Waals surface area contributed by atoms with Gasteiger partial charge in [0.25, 0.3) is 0 Å². The van der Waals surface area contributed by atoms with Gasteiger partial charge >= 0.3 is 7.60 Å². The highest BCUT2D eigenvalue weighted by Crippen LogP contribution is 2.47. The molecule has 1 heterocycles. The molecule has 1 rings (SSSR count). The van der Waals surface area contributed by atoms with Gasteiger partial charge in [-0.3, -0.25) is 9.46 Å². The van der Waals surface area contributed by atoms with Crippen LogP contribution in [0.1, 0.15) is 27.7 Å². The van der Waals surface area contributed by atoms with Gasteiger partial charge in [0.15, 0.2) is 0 Å². The molecule has 0 aromatic rings. The van der Waals surface area contributed by atoms with E-state index in [1.165, 1.54) is 0 Å². The third-order valence-corrected chi connectivity index (χ3v) is 5.32. The first-order chi connectivity index (χ1) is 8.43. The van der Waals surface area contributed by atoms with E-state index in [2.05, 4.69) is 24.1 Å². The predicted octanol–water partition coefficient (Wildman–Crippen LogP) is 1.94. The molecule has 0 radical (unpaired) electrons. The number of hydrogen-bond acceptors (Lipinski definition) is 5. The zero-order valence-corrected chi connectivity index (χ0v) is 13.0. The van der Waals surface area contributed by atoms with Gasteiger partial charge in [0, 0.05) is 31.7 Å². The molecule has 1 fully saturated rings. The zero-order chi connectivity index (χ0) is 13.6. The van der Waals surface area contributed by atoms with E-state index in [-0.39, 0.29) is 5.54 Å². The van der Waals surface area contributed by atoms with Crippen molar-refractivity contribution in [3.8, 4) is 0 Å². The zero-order valence-electron chi connectivity index (χ0n) is 12.1. The van der Waals surface area contributed by atoms with Crippen molar-refractivity contribution in [3.05, 3.63) is 0 Å². The Morgan fingerprint density at radius 1 is 1.28 bits per heavy atom. The lowest BCUT2D eigenvalue weighted by Crippen LogP contribution is -2.58. The summed E-state index contributed by atoms with van der Waals surface area (Å²) in [6.45, 7) is 12.6. The molecule has 0 saturated carbocycles. The molecule has 18 heavy (non-hydrogen) atoms. The maximum Gasteiger partial charge on any atom is 0.331 e. The smallest absolute Gasteiger partial charge is 0.314 e. The Hall–Kier alpha value is 0.0700. The molecular formula is C12H27N2O3P. The summed E-state index contributed by atoms with van der Waals surface area (Å²) >= 11 is 0. The van der Waals surface area contributed by atoms with Crippen molar-refractivity contribution in [3.63, 3.8) is 0 Å². The summed E-state index contributed by atoms with van der Waals surface area (Å²) in [7, 11) is -2.90. The Morgan fingerprint density at radius 3 is 2.39 bits per heavy atom. The Morgan fingerprint density at radius 2 is 1.89 bits per heavy atom. The van der Waals surface area contributed by atoms with Crippen molar-refractivity contribution >= 4 is 7.60 Å². The van der Waals surface area contributed by atoms with Gasteiger partial charge < -0.3 is 14.4 Å². The minimum absolute atomic E-state index is 0.0987. The molecule has 108 valence electrons. The molecule has 0 unspecified atom stereocenters. The van der Waals surface area contributed by atoms with Crippen LogP contribution in [0.25, 0.3) is 0 Å². The van der Waals surface area contributed by atoms with Crippen LogP contribution < -0.4 is 5.32 Å². The minimum atomic E-state index is -2.90.